The van der Waals surface area contributed by atoms with Gasteiger partial charge in [-0.25, -0.2) is 0 Å². The van der Waals surface area contributed by atoms with Crippen LogP contribution in [0.15, 0.2) is 54.6 Å². The van der Waals surface area contributed by atoms with Crippen LogP contribution in [-0.2, 0) is 20.7 Å². The zero-order chi connectivity index (χ0) is 16.9. The van der Waals surface area contributed by atoms with Gasteiger partial charge in [0.15, 0.2) is 0 Å². The van der Waals surface area contributed by atoms with Gasteiger partial charge in [0.05, 0.1) is 6.42 Å². The summed E-state index contributed by atoms with van der Waals surface area (Å²) >= 11 is 0. The summed E-state index contributed by atoms with van der Waals surface area (Å²) in [6.45, 7) is 2.00. The van der Waals surface area contributed by atoms with Gasteiger partial charge in [0.1, 0.15) is 0 Å². The third-order valence-electron chi connectivity index (χ3n) is 3.98. The zero-order valence-electron chi connectivity index (χ0n) is 13.7. The van der Waals surface area contributed by atoms with Gasteiger partial charge in [0, 0.05) is 11.6 Å². The van der Waals surface area contributed by atoms with Crippen LogP contribution in [0.4, 0.5) is 0 Å². The van der Waals surface area contributed by atoms with Crippen molar-refractivity contribution in [3.8, 4) is 0 Å². The number of carbonyl (C=O) groups excluding carboxylic acids is 2. The number of aryl methyl sites for hydroxylation is 1. The molecule has 1 aliphatic carbocycles. The third kappa shape index (κ3) is 4.44. The first kappa shape index (κ1) is 16.2. The van der Waals surface area contributed by atoms with Crippen molar-refractivity contribution in [1.82, 2.24) is 5.32 Å². The smallest absolute Gasteiger partial charge is 0.311 e. The van der Waals surface area contributed by atoms with E-state index in [-0.39, 0.29) is 18.4 Å². The molecule has 0 saturated heterocycles. The lowest BCUT2D eigenvalue weighted by Gasteiger charge is -2.18. The lowest BCUT2D eigenvalue weighted by atomic mass is 10.1. The predicted octanol–water partition coefficient (Wildman–Crippen LogP) is 3.10. The Bertz CT molecular complexity index is 705. The maximum absolute atomic E-state index is 12.4. The molecule has 1 aliphatic rings. The number of rotatable bonds is 6. The van der Waals surface area contributed by atoms with Gasteiger partial charge in [-0.3, -0.25) is 9.59 Å². The summed E-state index contributed by atoms with van der Waals surface area (Å²) in [7, 11) is 0. The molecule has 3 rings (SSSR count). The second kappa shape index (κ2) is 7.30. The highest BCUT2D eigenvalue weighted by atomic mass is 16.5. The van der Waals surface area contributed by atoms with Gasteiger partial charge >= 0.3 is 5.97 Å². The van der Waals surface area contributed by atoms with Crippen LogP contribution in [0.2, 0.25) is 0 Å². The topological polar surface area (TPSA) is 55.4 Å². The highest BCUT2D eigenvalue weighted by Crippen LogP contribution is 2.23. The second-order valence-electron chi connectivity index (χ2n) is 6.23. The number of ether oxygens (including phenoxy) is 1. The Labute approximate surface area is 141 Å². The minimum atomic E-state index is -0.898. The van der Waals surface area contributed by atoms with Crippen LogP contribution in [0, 0.1) is 6.92 Å². The Morgan fingerprint density at radius 3 is 2.38 bits per heavy atom. The summed E-state index contributed by atoms with van der Waals surface area (Å²) in [5.74, 6) is -0.653. The van der Waals surface area contributed by atoms with Crippen molar-refractivity contribution in [3.63, 3.8) is 0 Å². The van der Waals surface area contributed by atoms with Gasteiger partial charge < -0.3 is 10.1 Å². The molecule has 1 saturated carbocycles. The molecule has 1 atom stereocenters. The van der Waals surface area contributed by atoms with E-state index in [2.05, 4.69) is 5.32 Å². The number of carbonyl (C=O) groups is 2. The summed E-state index contributed by atoms with van der Waals surface area (Å²) in [6.07, 6.45) is 1.24. The van der Waals surface area contributed by atoms with E-state index < -0.39 is 12.1 Å². The van der Waals surface area contributed by atoms with Gasteiger partial charge in [0.2, 0.25) is 6.10 Å². The molecular formula is C20H21NO3. The van der Waals surface area contributed by atoms with E-state index in [1.165, 1.54) is 0 Å². The summed E-state index contributed by atoms with van der Waals surface area (Å²) in [5.41, 5.74) is 2.70. The number of amides is 1. The van der Waals surface area contributed by atoms with Crippen molar-refractivity contribution in [1.29, 1.82) is 0 Å². The number of esters is 1. The van der Waals surface area contributed by atoms with E-state index in [0.717, 1.165) is 24.0 Å². The summed E-state index contributed by atoms with van der Waals surface area (Å²) in [5, 5.41) is 2.91. The fourth-order valence-corrected chi connectivity index (χ4v) is 2.45. The van der Waals surface area contributed by atoms with E-state index in [0.29, 0.717) is 5.56 Å². The van der Waals surface area contributed by atoms with Crippen LogP contribution in [0.5, 0.6) is 0 Å². The first-order chi connectivity index (χ1) is 11.6. The first-order valence-electron chi connectivity index (χ1n) is 8.22. The van der Waals surface area contributed by atoms with Crippen molar-refractivity contribution in [2.75, 3.05) is 0 Å². The molecule has 2 aromatic carbocycles. The predicted molar refractivity (Wildman–Crippen MR) is 91.3 cm³/mol. The van der Waals surface area contributed by atoms with Crippen molar-refractivity contribution in [3.05, 3.63) is 71.3 Å². The molecule has 1 N–H and O–H groups in total. The van der Waals surface area contributed by atoms with Crippen molar-refractivity contribution in [2.24, 2.45) is 0 Å². The minimum absolute atomic E-state index is 0.153. The molecule has 4 heteroatoms. The number of nitrogens with one attached hydrogen (secondary N) is 1. The minimum Gasteiger partial charge on any atom is -0.447 e. The Hall–Kier alpha value is -2.62. The van der Waals surface area contributed by atoms with Gasteiger partial charge in [-0.2, -0.15) is 0 Å². The fraction of sp³-hybridized carbons (Fsp3) is 0.300. The van der Waals surface area contributed by atoms with Crippen molar-refractivity contribution < 1.29 is 14.3 Å². The Balaban J connectivity index is 1.69. The van der Waals surface area contributed by atoms with Gasteiger partial charge in [0.25, 0.3) is 5.91 Å². The average Bonchev–Trinajstić information content (AvgIpc) is 3.39. The van der Waals surface area contributed by atoms with Crippen LogP contribution < -0.4 is 5.32 Å². The molecule has 4 nitrogen and oxygen atoms in total. The van der Waals surface area contributed by atoms with E-state index >= 15 is 0 Å². The summed E-state index contributed by atoms with van der Waals surface area (Å²) in [6, 6.07) is 17.1. The SMILES string of the molecule is Cc1ccc(CC(=O)O[C@@H](C(=O)NC2CC2)c2ccccc2)cc1. The van der Waals surface area contributed by atoms with Crippen LogP contribution in [-0.4, -0.2) is 17.9 Å². The largest absolute Gasteiger partial charge is 0.447 e. The standard InChI is InChI=1S/C20H21NO3/c1-14-7-9-15(10-8-14)13-18(22)24-19(16-5-3-2-4-6-16)20(23)21-17-11-12-17/h2-10,17,19H,11-13H2,1H3,(H,21,23)/t19-/m1/s1. The Morgan fingerprint density at radius 2 is 1.75 bits per heavy atom. The maximum atomic E-state index is 12.4. The average molecular weight is 323 g/mol. The fourth-order valence-electron chi connectivity index (χ4n) is 2.45. The molecule has 0 radical (unpaired) electrons. The van der Waals surface area contributed by atoms with Gasteiger partial charge in [-0.05, 0) is 25.3 Å². The number of hydrogen-bond acceptors (Lipinski definition) is 3. The van der Waals surface area contributed by atoms with E-state index in [1.54, 1.807) is 12.1 Å². The first-order valence-corrected chi connectivity index (χ1v) is 8.22. The molecule has 0 aliphatic heterocycles. The van der Waals surface area contributed by atoms with Crippen LogP contribution in [0.1, 0.15) is 35.6 Å². The molecular weight excluding hydrogens is 302 g/mol. The zero-order valence-corrected chi connectivity index (χ0v) is 13.7. The van der Waals surface area contributed by atoms with Crippen LogP contribution >= 0.6 is 0 Å². The quantitative estimate of drug-likeness (QED) is 0.831. The van der Waals surface area contributed by atoms with E-state index in [4.69, 9.17) is 4.74 Å². The lowest BCUT2D eigenvalue weighted by molar-refractivity contribution is -0.156. The van der Waals surface area contributed by atoms with Crippen molar-refractivity contribution in [2.45, 2.75) is 38.3 Å². The molecule has 0 spiro atoms. The molecule has 0 heterocycles. The third-order valence-corrected chi connectivity index (χ3v) is 3.98. The molecule has 1 fully saturated rings. The number of hydrogen-bond donors (Lipinski definition) is 1. The number of benzene rings is 2. The summed E-state index contributed by atoms with van der Waals surface area (Å²) in [4.78, 5) is 24.7. The molecule has 0 bridgehead atoms. The van der Waals surface area contributed by atoms with E-state index in [9.17, 15) is 9.59 Å². The Kier molecular flexibility index (Phi) is 4.94. The Morgan fingerprint density at radius 1 is 1.08 bits per heavy atom. The second-order valence-corrected chi connectivity index (χ2v) is 6.23. The van der Waals surface area contributed by atoms with Gasteiger partial charge in [-0.1, -0.05) is 60.2 Å². The van der Waals surface area contributed by atoms with Crippen LogP contribution in [0.3, 0.4) is 0 Å². The maximum Gasteiger partial charge on any atom is 0.311 e. The highest BCUT2D eigenvalue weighted by molar-refractivity contribution is 5.85. The summed E-state index contributed by atoms with van der Waals surface area (Å²) < 4.78 is 5.51. The molecule has 0 unspecified atom stereocenters. The van der Waals surface area contributed by atoms with Gasteiger partial charge in [-0.15, -0.1) is 0 Å². The molecule has 2 aromatic rings. The van der Waals surface area contributed by atoms with Crippen LogP contribution in [0.25, 0.3) is 0 Å². The molecule has 0 aromatic heterocycles. The van der Waals surface area contributed by atoms with Crippen molar-refractivity contribution >= 4 is 11.9 Å². The lowest BCUT2D eigenvalue weighted by Crippen LogP contribution is -2.33. The molecule has 124 valence electrons. The molecule has 1 amide bonds. The highest BCUT2D eigenvalue weighted by Gasteiger charge is 2.30. The molecule has 24 heavy (non-hydrogen) atoms. The monoisotopic (exact) mass is 323 g/mol. The normalized spacial score (nSPS) is 14.7. The van der Waals surface area contributed by atoms with E-state index in [1.807, 2.05) is 49.4 Å².